The molecular formula is C15H32O. The third-order valence-corrected chi connectivity index (χ3v) is 3.64. The van der Waals surface area contributed by atoms with E-state index >= 15 is 0 Å². The minimum absolute atomic E-state index is 0.495. The molecule has 1 nitrogen and oxygen atoms in total. The molecule has 16 heavy (non-hydrogen) atoms. The van der Waals surface area contributed by atoms with Gasteiger partial charge < -0.3 is 5.11 Å². The average molecular weight is 228 g/mol. The van der Waals surface area contributed by atoms with E-state index in [0.717, 1.165) is 36.5 Å². The van der Waals surface area contributed by atoms with E-state index in [4.69, 9.17) is 0 Å². The summed E-state index contributed by atoms with van der Waals surface area (Å²) in [4.78, 5) is 0. The van der Waals surface area contributed by atoms with Crippen molar-refractivity contribution in [2.24, 2.45) is 23.7 Å². The Morgan fingerprint density at radius 2 is 1.38 bits per heavy atom. The fourth-order valence-electron chi connectivity index (χ4n) is 3.13. The van der Waals surface area contributed by atoms with Gasteiger partial charge in [-0.05, 0) is 43.9 Å². The second-order valence-electron chi connectivity index (χ2n) is 6.75. The molecule has 0 fully saturated rings. The van der Waals surface area contributed by atoms with Gasteiger partial charge in [0.25, 0.3) is 0 Å². The highest BCUT2D eigenvalue weighted by atomic mass is 16.3. The van der Waals surface area contributed by atoms with Gasteiger partial charge in [-0.3, -0.25) is 0 Å². The fraction of sp³-hybridized carbons (Fsp3) is 1.00. The maximum Gasteiger partial charge on any atom is 0.0591 e. The molecule has 98 valence electrons. The van der Waals surface area contributed by atoms with E-state index < -0.39 is 5.60 Å². The van der Waals surface area contributed by atoms with Gasteiger partial charge in [-0.2, -0.15) is 0 Å². The average Bonchev–Trinajstić information content (AvgIpc) is 1.99. The second kappa shape index (κ2) is 6.64. The first-order valence-corrected chi connectivity index (χ1v) is 6.87. The SMILES string of the molecule is CC(C)C(C(C)C)[C@@H](C)CCCC(C)(C)O. The lowest BCUT2D eigenvalue weighted by Gasteiger charge is -2.31. The summed E-state index contributed by atoms with van der Waals surface area (Å²) in [6, 6.07) is 0. The van der Waals surface area contributed by atoms with Gasteiger partial charge in [0.2, 0.25) is 0 Å². The summed E-state index contributed by atoms with van der Waals surface area (Å²) < 4.78 is 0. The van der Waals surface area contributed by atoms with Crippen molar-refractivity contribution in [2.45, 2.75) is 73.3 Å². The molecule has 0 aromatic carbocycles. The highest BCUT2D eigenvalue weighted by Gasteiger charge is 2.24. The smallest absolute Gasteiger partial charge is 0.0591 e. The minimum atomic E-state index is -0.495. The van der Waals surface area contributed by atoms with Crippen molar-refractivity contribution in [2.75, 3.05) is 0 Å². The van der Waals surface area contributed by atoms with Crippen LogP contribution in [0.2, 0.25) is 0 Å². The Morgan fingerprint density at radius 3 is 1.69 bits per heavy atom. The van der Waals surface area contributed by atoms with Crippen molar-refractivity contribution >= 4 is 0 Å². The quantitative estimate of drug-likeness (QED) is 0.680. The van der Waals surface area contributed by atoms with Gasteiger partial charge in [0, 0.05) is 0 Å². The summed E-state index contributed by atoms with van der Waals surface area (Å²) >= 11 is 0. The number of rotatable bonds is 7. The van der Waals surface area contributed by atoms with E-state index in [2.05, 4.69) is 34.6 Å². The monoisotopic (exact) mass is 228 g/mol. The van der Waals surface area contributed by atoms with Crippen molar-refractivity contribution in [3.8, 4) is 0 Å². The van der Waals surface area contributed by atoms with Crippen LogP contribution in [0.1, 0.15) is 67.7 Å². The zero-order valence-corrected chi connectivity index (χ0v) is 12.4. The Bertz CT molecular complexity index is 168. The largest absolute Gasteiger partial charge is 0.390 e. The van der Waals surface area contributed by atoms with E-state index in [9.17, 15) is 5.11 Å². The Hall–Kier alpha value is -0.0400. The van der Waals surface area contributed by atoms with Crippen LogP contribution in [0.5, 0.6) is 0 Å². The predicted octanol–water partition coefficient (Wildman–Crippen LogP) is 4.49. The molecule has 0 aliphatic rings. The predicted molar refractivity (Wildman–Crippen MR) is 72.5 cm³/mol. The highest BCUT2D eigenvalue weighted by molar-refractivity contribution is 4.74. The topological polar surface area (TPSA) is 20.2 Å². The highest BCUT2D eigenvalue weighted by Crippen LogP contribution is 2.32. The molecule has 0 aromatic heterocycles. The van der Waals surface area contributed by atoms with Crippen LogP contribution in [0.3, 0.4) is 0 Å². The molecule has 0 bridgehead atoms. The van der Waals surface area contributed by atoms with E-state index in [-0.39, 0.29) is 0 Å². The summed E-state index contributed by atoms with van der Waals surface area (Å²) in [7, 11) is 0. The van der Waals surface area contributed by atoms with Crippen LogP contribution >= 0.6 is 0 Å². The van der Waals surface area contributed by atoms with Crippen molar-refractivity contribution in [1.29, 1.82) is 0 Å². The van der Waals surface area contributed by atoms with E-state index in [1.807, 2.05) is 13.8 Å². The van der Waals surface area contributed by atoms with Crippen LogP contribution < -0.4 is 0 Å². The van der Waals surface area contributed by atoms with Crippen LogP contribution in [0.15, 0.2) is 0 Å². The van der Waals surface area contributed by atoms with Crippen LogP contribution in [0.4, 0.5) is 0 Å². The third-order valence-electron chi connectivity index (χ3n) is 3.64. The minimum Gasteiger partial charge on any atom is -0.390 e. The molecule has 0 amide bonds. The van der Waals surface area contributed by atoms with Crippen LogP contribution in [0, 0.1) is 23.7 Å². The summed E-state index contributed by atoms with van der Waals surface area (Å²) in [6.07, 6.45) is 3.30. The molecule has 0 heterocycles. The molecule has 0 rings (SSSR count). The fourth-order valence-corrected chi connectivity index (χ4v) is 3.13. The summed E-state index contributed by atoms with van der Waals surface area (Å²) in [5.74, 6) is 3.10. The Morgan fingerprint density at radius 1 is 0.938 bits per heavy atom. The Balaban J connectivity index is 4.07. The number of aliphatic hydroxyl groups is 1. The second-order valence-corrected chi connectivity index (χ2v) is 6.75. The lowest BCUT2D eigenvalue weighted by atomic mass is 9.75. The molecule has 0 aromatic rings. The lowest BCUT2D eigenvalue weighted by Crippen LogP contribution is -2.24. The molecule has 0 saturated heterocycles. The number of hydrogen-bond donors (Lipinski definition) is 1. The molecule has 0 aliphatic carbocycles. The van der Waals surface area contributed by atoms with Gasteiger partial charge in [0.05, 0.1) is 5.60 Å². The molecule has 1 atom stereocenters. The zero-order chi connectivity index (χ0) is 12.9. The van der Waals surface area contributed by atoms with Crippen molar-refractivity contribution in [1.82, 2.24) is 0 Å². The van der Waals surface area contributed by atoms with Gasteiger partial charge in [-0.25, -0.2) is 0 Å². The van der Waals surface area contributed by atoms with Crippen LogP contribution in [-0.4, -0.2) is 10.7 Å². The van der Waals surface area contributed by atoms with Crippen molar-refractivity contribution in [3.05, 3.63) is 0 Å². The standard InChI is InChI=1S/C15H32O/c1-11(2)14(12(3)4)13(5)9-8-10-15(6,7)16/h11-14,16H,8-10H2,1-7H3/t13-/m0/s1. The lowest BCUT2D eigenvalue weighted by molar-refractivity contribution is 0.0643. The first-order valence-electron chi connectivity index (χ1n) is 6.87. The van der Waals surface area contributed by atoms with E-state index in [1.165, 1.54) is 6.42 Å². The third kappa shape index (κ3) is 6.52. The van der Waals surface area contributed by atoms with Gasteiger partial charge >= 0.3 is 0 Å². The molecular weight excluding hydrogens is 196 g/mol. The molecule has 0 spiro atoms. The summed E-state index contributed by atoms with van der Waals surface area (Å²) in [5.41, 5.74) is -0.495. The molecule has 1 N–H and O–H groups in total. The van der Waals surface area contributed by atoms with Gasteiger partial charge in [-0.1, -0.05) is 47.5 Å². The first-order chi connectivity index (χ1) is 7.15. The summed E-state index contributed by atoms with van der Waals surface area (Å²) in [5, 5.41) is 9.69. The maximum absolute atomic E-state index is 9.69. The van der Waals surface area contributed by atoms with Gasteiger partial charge in [0.15, 0.2) is 0 Å². The maximum atomic E-state index is 9.69. The zero-order valence-electron chi connectivity index (χ0n) is 12.4. The molecule has 0 unspecified atom stereocenters. The first kappa shape index (κ1) is 16.0. The van der Waals surface area contributed by atoms with Gasteiger partial charge in [-0.15, -0.1) is 0 Å². The Kier molecular flexibility index (Phi) is 6.62. The van der Waals surface area contributed by atoms with Crippen LogP contribution in [-0.2, 0) is 0 Å². The Labute approximate surface area is 103 Å². The van der Waals surface area contributed by atoms with Crippen molar-refractivity contribution in [3.63, 3.8) is 0 Å². The van der Waals surface area contributed by atoms with Gasteiger partial charge in [0.1, 0.15) is 0 Å². The van der Waals surface area contributed by atoms with E-state index in [0.29, 0.717) is 0 Å². The van der Waals surface area contributed by atoms with E-state index in [1.54, 1.807) is 0 Å². The molecule has 1 heteroatoms. The summed E-state index contributed by atoms with van der Waals surface area (Å²) in [6.45, 7) is 15.5. The van der Waals surface area contributed by atoms with Crippen molar-refractivity contribution < 1.29 is 5.11 Å². The molecule has 0 saturated carbocycles. The normalized spacial score (nSPS) is 15.2. The number of hydrogen-bond acceptors (Lipinski definition) is 1. The molecule has 0 aliphatic heterocycles. The molecule has 0 radical (unpaired) electrons. The van der Waals surface area contributed by atoms with Crippen LogP contribution in [0.25, 0.3) is 0 Å².